The van der Waals surface area contributed by atoms with E-state index in [-0.39, 0.29) is 11.5 Å². The van der Waals surface area contributed by atoms with Crippen molar-refractivity contribution in [3.63, 3.8) is 0 Å². The number of fused-ring (bicyclic) bond motifs is 1. The second-order valence-electron chi connectivity index (χ2n) is 4.74. The van der Waals surface area contributed by atoms with Crippen LogP contribution >= 0.6 is 0 Å². The van der Waals surface area contributed by atoms with Gasteiger partial charge in [0.15, 0.2) is 0 Å². The number of ether oxygens (including phenoxy) is 2. The molecular weight excluding hydrogens is 284 g/mol. The summed E-state index contributed by atoms with van der Waals surface area (Å²) in [5.74, 6) is 1.66. The van der Waals surface area contributed by atoms with E-state index in [9.17, 15) is 10.2 Å². The Balaban J connectivity index is 2.20. The molecule has 0 unspecified atom stereocenters. The average Bonchev–Trinajstić information content (AvgIpc) is 2.53. The van der Waals surface area contributed by atoms with Crippen molar-refractivity contribution in [2.45, 2.75) is 0 Å². The Morgan fingerprint density at radius 2 is 1.73 bits per heavy atom. The van der Waals surface area contributed by atoms with Crippen LogP contribution in [-0.4, -0.2) is 24.4 Å². The summed E-state index contributed by atoms with van der Waals surface area (Å²) in [4.78, 5) is 0. The number of methoxy groups -OCH3 is 2. The molecule has 3 aromatic rings. The van der Waals surface area contributed by atoms with Crippen molar-refractivity contribution in [3.05, 3.63) is 42.5 Å². The summed E-state index contributed by atoms with van der Waals surface area (Å²) < 4.78 is 16.4. The van der Waals surface area contributed by atoms with Gasteiger partial charge in [0.05, 0.1) is 20.3 Å². The molecule has 0 saturated heterocycles. The number of phenols is 2. The standard InChI is InChI=1S/C17H14O5/c1-20-11-8-16(21-2)13-5-6-15(22-17(13)9-11)12-4-3-10(18)7-14(12)19/h3-9H,1-2H3,(H-,18,19)/p+1. The van der Waals surface area contributed by atoms with Gasteiger partial charge in [-0.15, -0.1) is 0 Å². The van der Waals surface area contributed by atoms with E-state index in [2.05, 4.69) is 0 Å². The fourth-order valence-electron chi connectivity index (χ4n) is 2.30. The molecule has 0 saturated carbocycles. The molecule has 3 rings (SSSR count). The number of hydrogen-bond acceptors (Lipinski definition) is 4. The van der Waals surface area contributed by atoms with Gasteiger partial charge in [-0.1, -0.05) is 0 Å². The van der Waals surface area contributed by atoms with Crippen LogP contribution in [0.25, 0.3) is 22.3 Å². The minimum atomic E-state index is -0.0574. The second-order valence-corrected chi connectivity index (χ2v) is 4.74. The van der Waals surface area contributed by atoms with Crippen molar-refractivity contribution < 1.29 is 24.1 Å². The van der Waals surface area contributed by atoms with E-state index in [1.807, 2.05) is 6.07 Å². The van der Waals surface area contributed by atoms with Crippen LogP contribution in [0.3, 0.4) is 0 Å². The molecule has 0 aliphatic carbocycles. The molecular formula is C17H15O5+. The molecule has 0 aliphatic rings. The van der Waals surface area contributed by atoms with Gasteiger partial charge >= 0.3 is 11.3 Å². The lowest BCUT2D eigenvalue weighted by Crippen LogP contribution is -1.89. The van der Waals surface area contributed by atoms with E-state index in [0.717, 1.165) is 5.39 Å². The zero-order chi connectivity index (χ0) is 15.7. The first-order chi connectivity index (χ1) is 10.6. The van der Waals surface area contributed by atoms with Gasteiger partial charge in [-0.3, -0.25) is 0 Å². The molecule has 0 fully saturated rings. The molecule has 1 heterocycles. The molecule has 0 amide bonds. The molecule has 22 heavy (non-hydrogen) atoms. The molecule has 1 aromatic heterocycles. The second kappa shape index (κ2) is 5.44. The Bertz CT molecular complexity index is 842. The van der Waals surface area contributed by atoms with E-state index in [1.165, 1.54) is 12.1 Å². The van der Waals surface area contributed by atoms with Crippen LogP contribution in [0.4, 0.5) is 0 Å². The number of phenolic OH excluding ortho intramolecular Hbond substituents is 2. The molecule has 5 nitrogen and oxygen atoms in total. The van der Waals surface area contributed by atoms with Gasteiger partial charge in [0.1, 0.15) is 33.9 Å². The molecule has 112 valence electrons. The summed E-state index contributed by atoms with van der Waals surface area (Å²) in [5.41, 5.74) is 1.06. The van der Waals surface area contributed by atoms with E-state index in [1.54, 1.807) is 38.5 Å². The molecule has 0 spiro atoms. The molecule has 0 radical (unpaired) electrons. The third kappa shape index (κ3) is 2.37. The van der Waals surface area contributed by atoms with E-state index in [0.29, 0.717) is 28.4 Å². The maximum atomic E-state index is 9.95. The number of hydrogen-bond donors (Lipinski definition) is 2. The highest BCUT2D eigenvalue weighted by Crippen LogP contribution is 2.37. The number of rotatable bonds is 3. The van der Waals surface area contributed by atoms with Gasteiger partial charge in [-0.25, -0.2) is 4.42 Å². The largest absolute Gasteiger partial charge is 0.508 e. The summed E-state index contributed by atoms with van der Waals surface area (Å²) in [5, 5.41) is 20.1. The monoisotopic (exact) mass is 299 g/mol. The fraction of sp³-hybridized carbons (Fsp3) is 0.118. The Hall–Kier alpha value is -2.95. The zero-order valence-corrected chi connectivity index (χ0v) is 12.2. The van der Waals surface area contributed by atoms with E-state index < -0.39 is 0 Å². The summed E-state index contributed by atoms with van der Waals surface area (Å²) >= 11 is 0. The first kappa shape index (κ1) is 14.0. The highest BCUT2D eigenvalue weighted by atomic mass is 16.5. The van der Waals surface area contributed by atoms with E-state index in [4.69, 9.17) is 13.9 Å². The summed E-state index contributed by atoms with van der Waals surface area (Å²) in [6.45, 7) is 0. The van der Waals surface area contributed by atoms with Crippen molar-refractivity contribution in [1.82, 2.24) is 0 Å². The third-order valence-corrected chi connectivity index (χ3v) is 3.40. The normalized spacial score (nSPS) is 10.6. The summed E-state index contributed by atoms with van der Waals surface area (Å²) in [7, 11) is 3.14. The zero-order valence-electron chi connectivity index (χ0n) is 12.2. The SMILES string of the molecule is COc1cc(OC)c2ccc(-c3ccc(O)cc3O)[o+]c2c1. The van der Waals surface area contributed by atoms with Gasteiger partial charge < -0.3 is 19.7 Å². The van der Waals surface area contributed by atoms with Crippen molar-refractivity contribution >= 4 is 11.0 Å². The third-order valence-electron chi connectivity index (χ3n) is 3.40. The topological polar surface area (TPSA) is 70.2 Å². The predicted molar refractivity (Wildman–Crippen MR) is 82.5 cm³/mol. The van der Waals surface area contributed by atoms with Crippen LogP contribution < -0.4 is 9.47 Å². The Kier molecular flexibility index (Phi) is 3.47. The van der Waals surface area contributed by atoms with Gasteiger partial charge in [0, 0.05) is 18.2 Å². The average molecular weight is 299 g/mol. The van der Waals surface area contributed by atoms with Crippen LogP contribution in [0.5, 0.6) is 23.0 Å². The van der Waals surface area contributed by atoms with Crippen LogP contribution in [0.1, 0.15) is 0 Å². The van der Waals surface area contributed by atoms with Crippen LogP contribution in [0, 0.1) is 0 Å². The minimum absolute atomic E-state index is 0.00891. The van der Waals surface area contributed by atoms with Crippen molar-refractivity contribution in [1.29, 1.82) is 0 Å². The Morgan fingerprint density at radius 1 is 0.909 bits per heavy atom. The number of benzene rings is 2. The van der Waals surface area contributed by atoms with Crippen LogP contribution in [0.2, 0.25) is 0 Å². The smallest absolute Gasteiger partial charge is 0.368 e. The van der Waals surface area contributed by atoms with Gasteiger partial charge in [0.2, 0.25) is 0 Å². The summed E-state index contributed by atoms with van der Waals surface area (Å²) in [6, 6.07) is 11.4. The van der Waals surface area contributed by atoms with Crippen LogP contribution in [0.15, 0.2) is 46.9 Å². The molecule has 0 atom stereocenters. The van der Waals surface area contributed by atoms with Crippen molar-refractivity contribution in [2.75, 3.05) is 14.2 Å². The lowest BCUT2D eigenvalue weighted by atomic mass is 10.1. The summed E-state index contributed by atoms with van der Waals surface area (Å²) in [6.07, 6.45) is 0. The predicted octanol–water partition coefficient (Wildman–Crippen LogP) is 3.81. The van der Waals surface area contributed by atoms with Crippen LogP contribution in [-0.2, 0) is 0 Å². The molecule has 5 heteroatoms. The first-order valence-corrected chi connectivity index (χ1v) is 6.63. The number of aromatic hydroxyl groups is 2. The maximum absolute atomic E-state index is 9.95. The fourth-order valence-corrected chi connectivity index (χ4v) is 2.30. The molecule has 2 N–H and O–H groups in total. The highest BCUT2D eigenvalue weighted by Gasteiger charge is 2.21. The van der Waals surface area contributed by atoms with Gasteiger partial charge in [-0.05, 0) is 18.2 Å². The molecule has 2 aromatic carbocycles. The van der Waals surface area contributed by atoms with Crippen molar-refractivity contribution in [3.8, 4) is 34.3 Å². The van der Waals surface area contributed by atoms with Gasteiger partial charge in [-0.2, -0.15) is 0 Å². The lowest BCUT2D eigenvalue weighted by molar-refractivity contribution is 0.396. The maximum Gasteiger partial charge on any atom is 0.368 e. The van der Waals surface area contributed by atoms with Gasteiger partial charge in [0.25, 0.3) is 0 Å². The van der Waals surface area contributed by atoms with E-state index >= 15 is 0 Å². The highest BCUT2D eigenvalue weighted by molar-refractivity contribution is 5.87. The minimum Gasteiger partial charge on any atom is -0.508 e. The lowest BCUT2D eigenvalue weighted by Gasteiger charge is -2.04. The quantitative estimate of drug-likeness (QED) is 0.720. The Labute approximate surface area is 127 Å². The molecule has 0 aliphatic heterocycles. The van der Waals surface area contributed by atoms with Crippen molar-refractivity contribution in [2.24, 2.45) is 0 Å². The Morgan fingerprint density at radius 3 is 2.41 bits per heavy atom. The first-order valence-electron chi connectivity index (χ1n) is 6.63. The molecule has 0 bridgehead atoms.